The molecule has 0 amide bonds. The van der Waals surface area contributed by atoms with Crippen LogP contribution in [0.1, 0.15) is 37.2 Å². The van der Waals surface area contributed by atoms with E-state index in [1.165, 1.54) is 36.4 Å². The first-order chi connectivity index (χ1) is 6.68. The Morgan fingerprint density at radius 3 is 1.93 bits per heavy atom. The van der Waals surface area contributed by atoms with E-state index in [9.17, 15) is 0 Å². The van der Waals surface area contributed by atoms with Gasteiger partial charge in [0.05, 0.1) is 0 Å². The van der Waals surface area contributed by atoms with Crippen LogP contribution in [0.5, 0.6) is 0 Å². The molecule has 1 aromatic carbocycles. The van der Waals surface area contributed by atoms with Gasteiger partial charge in [-0.3, -0.25) is 0 Å². The molecule has 3 heteroatoms. The van der Waals surface area contributed by atoms with Gasteiger partial charge in [0.25, 0.3) is 0 Å². The largest absolute Gasteiger partial charge is 0.0527 e. The van der Waals surface area contributed by atoms with Gasteiger partial charge in [-0.15, -0.1) is 0 Å². The maximum atomic E-state index is 2.49. The highest BCUT2D eigenvalue weighted by Crippen LogP contribution is 2.39. The van der Waals surface area contributed by atoms with Crippen LogP contribution in [0.4, 0.5) is 0 Å². The second-order valence-electron chi connectivity index (χ2n) is 3.76. The van der Waals surface area contributed by atoms with E-state index in [-0.39, 0.29) is 0 Å². The summed E-state index contributed by atoms with van der Waals surface area (Å²) in [5.41, 5.74) is 1.61. The Bertz CT molecular complexity index is 317. The van der Waals surface area contributed by atoms with Crippen LogP contribution >= 0.6 is 67.8 Å². The topological polar surface area (TPSA) is 0 Å². The van der Waals surface area contributed by atoms with E-state index in [4.69, 9.17) is 0 Å². The molecule has 0 spiro atoms. The third-order valence-corrected chi connectivity index (χ3v) is 5.22. The van der Waals surface area contributed by atoms with Crippen molar-refractivity contribution in [3.63, 3.8) is 0 Å². The summed E-state index contributed by atoms with van der Waals surface area (Å²) in [7, 11) is 0. The first-order valence-corrected chi connectivity index (χ1v) is 8.06. The molecule has 0 N–H and O–H groups in total. The highest BCUT2D eigenvalue weighted by molar-refractivity contribution is 14.1. The lowest BCUT2D eigenvalue weighted by molar-refractivity contribution is 0.715. The fraction of sp³-hybridized carbons (Fsp3) is 0.455. The Morgan fingerprint density at radius 2 is 1.43 bits per heavy atom. The molecule has 2 rings (SSSR count). The van der Waals surface area contributed by atoms with Crippen LogP contribution in [-0.2, 0) is 0 Å². The smallest absolute Gasteiger partial charge is 0.0186 e. The van der Waals surface area contributed by atoms with Crippen LogP contribution in [0, 0.1) is 10.7 Å². The summed E-state index contributed by atoms with van der Waals surface area (Å²) < 4.78 is 4.29. The average molecular weight is 524 g/mol. The van der Waals surface area contributed by atoms with Gasteiger partial charge >= 0.3 is 0 Å². The molecule has 0 radical (unpaired) electrons. The summed E-state index contributed by atoms with van der Waals surface area (Å²) >= 11 is 7.38. The molecule has 1 fully saturated rings. The molecule has 0 atom stereocenters. The molecular weight excluding hydrogens is 513 g/mol. The third kappa shape index (κ3) is 2.56. The minimum atomic E-state index is 0.839. The molecule has 0 unspecified atom stereocenters. The fourth-order valence-corrected chi connectivity index (χ4v) is 6.62. The van der Waals surface area contributed by atoms with Gasteiger partial charge in [-0.1, -0.05) is 12.8 Å². The van der Waals surface area contributed by atoms with Crippen molar-refractivity contribution in [2.75, 3.05) is 0 Å². The van der Waals surface area contributed by atoms with Crippen molar-refractivity contribution in [2.24, 2.45) is 0 Å². The molecule has 14 heavy (non-hydrogen) atoms. The molecule has 1 aliphatic carbocycles. The predicted molar refractivity (Wildman–Crippen MR) is 85.8 cm³/mol. The Kier molecular flexibility index (Phi) is 4.38. The van der Waals surface area contributed by atoms with E-state index in [1.54, 1.807) is 5.56 Å². The minimum absolute atomic E-state index is 0.839. The Hall–Kier alpha value is 1.41. The van der Waals surface area contributed by atoms with Gasteiger partial charge in [-0.05, 0) is 104 Å². The second-order valence-corrected chi connectivity index (χ2v) is 7.33. The van der Waals surface area contributed by atoms with E-state index in [0.717, 1.165) is 5.92 Å². The van der Waals surface area contributed by atoms with Crippen LogP contribution < -0.4 is 0 Å². The quantitative estimate of drug-likeness (QED) is 0.446. The summed E-state index contributed by atoms with van der Waals surface area (Å²) in [6, 6.07) is 4.61. The van der Waals surface area contributed by atoms with Gasteiger partial charge in [-0.2, -0.15) is 0 Å². The van der Waals surface area contributed by atoms with Crippen molar-refractivity contribution >= 4 is 67.8 Å². The summed E-state index contributed by atoms with van der Waals surface area (Å²) in [6.07, 6.45) is 5.63. The summed E-state index contributed by atoms with van der Waals surface area (Å²) in [5, 5.41) is 0. The predicted octanol–water partition coefficient (Wildman–Crippen LogP) is 5.16. The Balaban J connectivity index is 2.40. The first-order valence-electron chi connectivity index (χ1n) is 4.83. The second kappa shape index (κ2) is 5.16. The fourth-order valence-electron chi connectivity index (χ4n) is 2.16. The van der Waals surface area contributed by atoms with Crippen molar-refractivity contribution in [1.82, 2.24) is 0 Å². The van der Waals surface area contributed by atoms with E-state index in [2.05, 4.69) is 79.9 Å². The highest BCUT2D eigenvalue weighted by atomic mass is 127. The van der Waals surface area contributed by atoms with Crippen LogP contribution in [0.25, 0.3) is 0 Å². The zero-order valence-electron chi connectivity index (χ0n) is 7.69. The van der Waals surface area contributed by atoms with Crippen molar-refractivity contribution in [2.45, 2.75) is 31.6 Å². The number of hydrogen-bond donors (Lipinski definition) is 0. The maximum absolute atomic E-state index is 2.49. The molecule has 0 aromatic heterocycles. The molecule has 0 saturated heterocycles. The molecule has 76 valence electrons. The monoisotopic (exact) mass is 524 g/mol. The van der Waals surface area contributed by atoms with E-state index >= 15 is 0 Å². The van der Waals surface area contributed by atoms with Gasteiger partial charge in [0.2, 0.25) is 0 Å². The zero-order chi connectivity index (χ0) is 10.1. The molecule has 0 nitrogen and oxygen atoms in total. The lowest BCUT2D eigenvalue weighted by Crippen LogP contribution is -2.00. The van der Waals surface area contributed by atoms with Crippen LogP contribution in [0.15, 0.2) is 12.1 Å². The summed E-state index contributed by atoms with van der Waals surface area (Å²) in [6.45, 7) is 0. The maximum Gasteiger partial charge on any atom is 0.0186 e. The molecular formula is C11H11I3. The van der Waals surface area contributed by atoms with Gasteiger partial charge in [0.1, 0.15) is 0 Å². The van der Waals surface area contributed by atoms with Gasteiger partial charge in [0.15, 0.2) is 0 Å². The Labute approximate surface area is 126 Å². The van der Waals surface area contributed by atoms with Crippen LogP contribution in [0.3, 0.4) is 0 Å². The van der Waals surface area contributed by atoms with Crippen molar-refractivity contribution in [1.29, 1.82) is 0 Å². The van der Waals surface area contributed by atoms with Crippen molar-refractivity contribution in [3.8, 4) is 0 Å². The number of hydrogen-bond acceptors (Lipinski definition) is 0. The molecule has 0 aliphatic heterocycles. The third-order valence-electron chi connectivity index (χ3n) is 2.81. The standard InChI is InChI=1S/C11H11I3/c12-8-5-9(13)11(10(14)6-8)7-3-1-2-4-7/h5-7H,1-4H2. The molecule has 1 aliphatic rings. The number of halogens is 3. The summed E-state index contributed by atoms with van der Waals surface area (Å²) in [4.78, 5) is 0. The zero-order valence-corrected chi connectivity index (χ0v) is 14.2. The highest BCUT2D eigenvalue weighted by Gasteiger charge is 2.21. The van der Waals surface area contributed by atoms with E-state index < -0.39 is 0 Å². The van der Waals surface area contributed by atoms with Crippen molar-refractivity contribution in [3.05, 3.63) is 28.4 Å². The SMILES string of the molecule is Ic1cc(I)c(C2CCCC2)c(I)c1. The van der Waals surface area contributed by atoms with Gasteiger partial charge in [0, 0.05) is 10.7 Å². The van der Waals surface area contributed by atoms with Gasteiger partial charge < -0.3 is 0 Å². The van der Waals surface area contributed by atoms with Gasteiger partial charge in [-0.25, -0.2) is 0 Å². The minimum Gasteiger partial charge on any atom is -0.0527 e. The van der Waals surface area contributed by atoms with E-state index in [0.29, 0.717) is 0 Å². The van der Waals surface area contributed by atoms with Crippen LogP contribution in [-0.4, -0.2) is 0 Å². The van der Waals surface area contributed by atoms with Crippen LogP contribution in [0.2, 0.25) is 0 Å². The summed E-state index contributed by atoms with van der Waals surface area (Å²) in [5.74, 6) is 0.839. The van der Waals surface area contributed by atoms with Crippen molar-refractivity contribution < 1.29 is 0 Å². The molecule has 1 aromatic rings. The number of benzene rings is 1. The molecule has 1 saturated carbocycles. The first kappa shape index (κ1) is 11.9. The lowest BCUT2D eigenvalue weighted by atomic mass is 9.98. The normalized spacial score (nSPS) is 17.6. The van der Waals surface area contributed by atoms with E-state index in [1.807, 2.05) is 0 Å². The Morgan fingerprint density at radius 1 is 0.929 bits per heavy atom. The lowest BCUT2D eigenvalue weighted by Gasteiger charge is -2.14. The number of rotatable bonds is 1. The molecule has 0 bridgehead atoms. The average Bonchev–Trinajstić information content (AvgIpc) is 2.54. The molecule has 0 heterocycles.